The maximum absolute atomic E-state index is 12.5. The van der Waals surface area contributed by atoms with E-state index in [1.807, 2.05) is 0 Å². The van der Waals surface area contributed by atoms with Crippen LogP contribution in [-0.2, 0) is 0 Å². The van der Waals surface area contributed by atoms with Crippen LogP contribution in [-0.4, -0.2) is 11.7 Å². The van der Waals surface area contributed by atoms with Crippen molar-refractivity contribution in [1.29, 1.82) is 0 Å². The minimum atomic E-state index is -3.40. The van der Waals surface area contributed by atoms with Crippen LogP contribution in [0.2, 0.25) is 0 Å². The minimum Gasteiger partial charge on any atom is -0.287 e. The number of ketones is 1. The van der Waals surface area contributed by atoms with Gasteiger partial charge in [-0.05, 0) is 24.3 Å². The number of hydrogen-bond acceptors (Lipinski definition) is 1. The molecule has 0 aliphatic rings. The standard InChI is InChI=1S/C9H7F3O/c1-9(11,12)8(13)6-2-4-7(10)5-3-6/h2-5H,1H3. The van der Waals surface area contributed by atoms with Gasteiger partial charge in [-0.25, -0.2) is 4.39 Å². The van der Waals surface area contributed by atoms with Gasteiger partial charge in [0, 0.05) is 12.5 Å². The Morgan fingerprint density at radius 1 is 1.23 bits per heavy atom. The van der Waals surface area contributed by atoms with Gasteiger partial charge in [0.05, 0.1) is 0 Å². The van der Waals surface area contributed by atoms with Crippen LogP contribution in [0.15, 0.2) is 24.3 Å². The zero-order chi connectivity index (χ0) is 10.1. The molecule has 0 spiro atoms. The van der Waals surface area contributed by atoms with E-state index < -0.39 is 17.5 Å². The van der Waals surface area contributed by atoms with Crippen molar-refractivity contribution in [1.82, 2.24) is 0 Å². The SMILES string of the molecule is CC(F)(F)C(=O)c1ccc(F)cc1. The molecule has 0 saturated carbocycles. The number of Topliss-reactive ketones (excluding diaryl/α,β-unsaturated/α-hetero) is 1. The van der Waals surface area contributed by atoms with Gasteiger partial charge in [0.15, 0.2) is 0 Å². The summed E-state index contributed by atoms with van der Waals surface area (Å²) in [5, 5.41) is 0. The van der Waals surface area contributed by atoms with Gasteiger partial charge < -0.3 is 0 Å². The van der Waals surface area contributed by atoms with Crippen molar-refractivity contribution in [2.24, 2.45) is 0 Å². The molecule has 0 fully saturated rings. The Balaban J connectivity index is 2.97. The summed E-state index contributed by atoms with van der Waals surface area (Å²) >= 11 is 0. The van der Waals surface area contributed by atoms with Gasteiger partial charge in [-0.2, -0.15) is 8.78 Å². The minimum absolute atomic E-state index is 0.186. The normalized spacial score (nSPS) is 11.4. The molecule has 4 heteroatoms. The Bertz CT molecular complexity index is 311. The second-order valence-electron chi connectivity index (χ2n) is 2.72. The predicted molar refractivity (Wildman–Crippen MR) is 41.4 cm³/mol. The Hall–Kier alpha value is -1.32. The molecule has 1 aromatic rings. The lowest BCUT2D eigenvalue weighted by atomic mass is 10.1. The van der Waals surface area contributed by atoms with Gasteiger partial charge in [0.25, 0.3) is 0 Å². The van der Waals surface area contributed by atoms with Gasteiger partial charge in [0.2, 0.25) is 5.78 Å². The average molecular weight is 188 g/mol. The fraction of sp³-hybridized carbons (Fsp3) is 0.222. The van der Waals surface area contributed by atoms with E-state index in [0.29, 0.717) is 6.92 Å². The van der Waals surface area contributed by atoms with Crippen molar-refractivity contribution in [3.05, 3.63) is 35.6 Å². The van der Waals surface area contributed by atoms with Crippen LogP contribution in [0.5, 0.6) is 0 Å². The molecule has 0 N–H and O–H groups in total. The molecule has 0 saturated heterocycles. The second-order valence-corrected chi connectivity index (χ2v) is 2.72. The summed E-state index contributed by atoms with van der Waals surface area (Å²) in [6.07, 6.45) is 0. The van der Waals surface area contributed by atoms with Crippen LogP contribution in [0.3, 0.4) is 0 Å². The predicted octanol–water partition coefficient (Wildman–Crippen LogP) is 2.66. The number of alkyl halides is 2. The van der Waals surface area contributed by atoms with Crippen LogP contribution < -0.4 is 0 Å². The summed E-state index contributed by atoms with van der Waals surface area (Å²) in [5.41, 5.74) is -0.186. The molecule has 1 rings (SSSR count). The van der Waals surface area contributed by atoms with Crippen molar-refractivity contribution in [3.63, 3.8) is 0 Å². The molecule has 0 radical (unpaired) electrons. The number of rotatable bonds is 2. The van der Waals surface area contributed by atoms with Gasteiger partial charge in [-0.15, -0.1) is 0 Å². The first-order valence-electron chi connectivity index (χ1n) is 3.59. The fourth-order valence-electron chi connectivity index (χ4n) is 0.855. The van der Waals surface area contributed by atoms with E-state index in [-0.39, 0.29) is 5.56 Å². The van der Waals surface area contributed by atoms with E-state index in [0.717, 1.165) is 24.3 Å². The highest BCUT2D eigenvalue weighted by Crippen LogP contribution is 2.18. The summed E-state index contributed by atoms with van der Waals surface area (Å²) in [7, 11) is 0. The van der Waals surface area contributed by atoms with E-state index in [2.05, 4.69) is 0 Å². The molecule has 13 heavy (non-hydrogen) atoms. The molecule has 0 aromatic heterocycles. The number of carbonyl (C=O) groups excluding carboxylic acids is 1. The third kappa shape index (κ3) is 2.31. The van der Waals surface area contributed by atoms with Gasteiger partial charge >= 0.3 is 5.92 Å². The van der Waals surface area contributed by atoms with E-state index in [9.17, 15) is 18.0 Å². The molecule has 0 aliphatic carbocycles. The van der Waals surface area contributed by atoms with Crippen LogP contribution in [0, 0.1) is 5.82 Å². The first-order valence-corrected chi connectivity index (χ1v) is 3.59. The van der Waals surface area contributed by atoms with Crippen LogP contribution in [0.4, 0.5) is 13.2 Å². The molecular weight excluding hydrogens is 181 g/mol. The number of halogens is 3. The molecule has 0 bridgehead atoms. The van der Waals surface area contributed by atoms with Crippen LogP contribution in [0.1, 0.15) is 17.3 Å². The Morgan fingerprint density at radius 3 is 2.08 bits per heavy atom. The maximum atomic E-state index is 12.5. The summed E-state index contributed by atoms with van der Waals surface area (Å²) in [6.45, 7) is 0.513. The topological polar surface area (TPSA) is 17.1 Å². The zero-order valence-corrected chi connectivity index (χ0v) is 6.85. The number of carbonyl (C=O) groups is 1. The van der Waals surface area contributed by atoms with E-state index in [4.69, 9.17) is 0 Å². The first kappa shape index (κ1) is 9.77. The summed E-state index contributed by atoms with van der Waals surface area (Å²) in [5.74, 6) is -5.26. The van der Waals surface area contributed by atoms with E-state index in [1.165, 1.54) is 0 Å². The van der Waals surface area contributed by atoms with E-state index >= 15 is 0 Å². The highest BCUT2D eigenvalue weighted by Gasteiger charge is 2.32. The summed E-state index contributed by atoms with van der Waals surface area (Å²) in [4.78, 5) is 10.9. The Labute approximate surface area is 73.2 Å². The smallest absolute Gasteiger partial charge is 0.287 e. The molecule has 1 nitrogen and oxygen atoms in total. The molecule has 0 amide bonds. The van der Waals surface area contributed by atoms with Gasteiger partial charge in [-0.3, -0.25) is 4.79 Å². The van der Waals surface area contributed by atoms with Crippen LogP contribution in [0.25, 0.3) is 0 Å². The largest absolute Gasteiger partial charge is 0.307 e. The highest BCUT2D eigenvalue weighted by atomic mass is 19.3. The third-order valence-electron chi connectivity index (χ3n) is 1.51. The highest BCUT2D eigenvalue weighted by molar-refractivity contribution is 6.00. The Morgan fingerprint density at radius 2 is 1.69 bits per heavy atom. The molecule has 1 aromatic carbocycles. The van der Waals surface area contributed by atoms with Crippen molar-refractivity contribution in [3.8, 4) is 0 Å². The maximum Gasteiger partial charge on any atom is 0.307 e. The van der Waals surface area contributed by atoms with Crippen LogP contribution >= 0.6 is 0 Å². The van der Waals surface area contributed by atoms with Crippen molar-refractivity contribution < 1.29 is 18.0 Å². The lowest BCUT2D eigenvalue weighted by Crippen LogP contribution is -2.24. The first-order chi connectivity index (χ1) is 5.91. The van der Waals surface area contributed by atoms with E-state index in [1.54, 1.807) is 0 Å². The zero-order valence-electron chi connectivity index (χ0n) is 6.85. The summed E-state index contributed by atoms with van der Waals surface area (Å²) in [6, 6.07) is 4.02. The number of benzene rings is 1. The van der Waals surface area contributed by atoms with Crippen molar-refractivity contribution >= 4 is 5.78 Å². The third-order valence-corrected chi connectivity index (χ3v) is 1.51. The van der Waals surface area contributed by atoms with Crippen molar-refractivity contribution in [2.45, 2.75) is 12.8 Å². The quantitative estimate of drug-likeness (QED) is 0.652. The molecule has 0 heterocycles. The molecule has 0 unspecified atom stereocenters. The van der Waals surface area contributed by atoms with Gasteiger partial charge in [-0.1, -0.05) is 0 Å². The monoisotopic (exact) mass is 188 g/mol. The van der Waals surface area contributed by atoms with Crippen molar-refractivity contribution in [2.75, 3.05) is 0 Å². The molecule has 0 aliphatic heterocycles. The fourth-order valence-corrected chi connectivity index (χ4v) is 0.855. The molecular formula is C9H7F3O. The lowest BCUT2D eigenvalue weighted by molar-refractivity contribution is 0.0221. The second kappa shape index (κ2) is 3.20. The number of hydrogen-bond donors (Lipinski definition) is 0. The summed E-state index contributed by atoms with van der Waals surface area (Å²) < 4.78 is 37.3. The molecule has 70 valence electrons. The Kier molecular flexibility index (Phi) is 2.40. The molecule has 0 atom stereocenters. The average Bonchev–Trinajstić information content (AvgIpc) is 2.03. The van der Waals surface area contributed by atoms with Gasteiger partial charge in [0.1, 0.15) is 5.82 Å². The lowest BCUT2D eigenvalue weighted by Gasteiger charge is -2.07.